The van der Waals surface area contributed by atoms with E-state index < -0.39 is 5.97 Å². The van der Waals surface area contributed by atoms with Crippen molar-refractivity contribution in [2.24, 2.45) is 5.92 Å². The summed E-state index contributed by atoms with van der Waals surface area (Å²) in [6.07, 6.45) is 10.7. The number of carbonyl (C=O) groups excluding carboxylic acids is 1. The summed E-state index contributed by atoms with van der Waals surface area (Å²) in [7, 11) is 0. The summed E-state index contributed by atoms with van der Waals surface area (Å²) < 4.78 is 10.6. The highest BCUT2D eigenvalue weighted by molar-refractivity contribution is 14.1. The van der Waals surface area contributed by atoms with Gasteiger partial charge in [0.25, 0.3) is 0 Å². The van der Waals surface area contributed by atoms with Crippen LogP contribution >= 0.6 is 23.0 Å². The number of halogens is 1. The zero-order chi connectivity index (χ0) is 19.7. The molecule has 0 amide bonds. The zero-order valence-electron chi connectivity index (χ0n) is 15.5. The summed E-state index contributed by atoms with van der Waals surface area (Å²) in [6.45, 7) is 1.69. The van der Waals surface area contributed by atoms with Crippen LogP contribution in [0.5, 0.6) is 0 Å². The van der Waals surface area contributed by atoms with E-state index in [1.807, 2.05) is 12.1 Å². The number of aryl methyl sites for hydroxylation is 1. The molecule has 0 radical (unpaired) electrons. The fourth-order valence-electron chi connectivity index (χ4n) is 3.81. The SMILES string of the molecule is Cc1nc2oc3ccc(/C=C/C4CCCCC4)cc3c(=O)c2cc1C(=O)OI. The molecule has 28 heavy (non-hydrogen) atoms. The number of carbonyl (C=O) groups is 1. The van der Waals surface area contributed by atoms with Crippen LogP contribution in [0.4, 0.5) is 0 Å². The Kier molecular flexibility index (Phi) is 5.48. The van der Waals surface area contributed by atoms with Gasteiger partial charge in [-0.05, 0) is 49.4 Å². The van der Waals surface area contributed by atoms with Crippen LogP contribution in [0.15, 0.2) is 39.6 Å². The van der Waals surface area contributed by atoms with E-state index >= 15 is 0 Å². The number of benzene rings is 1. The normalized spacial score (nSPS) is 15.5. The molecule has 2 heterocycles. The summed E-state index contributed by atoms with van der Waals surface area (Å²) in [5.41, 5.74) is 2.22. The zero-order valence-corrected chi connectivity index (χ0v) is 17.7. The molecule has 0 unspecified atom stereocenters. The van der Waals surface area contributed by atoms with Crippen LogP contribution in [0.1, 0.15) is 53.7 Å². The van der Waals surface area contributed by atoms with Crippen LogP contribution in [0.3, 0.4) is 0 Å². The number of hydrogen-bond acceptors (Lipinski definition) is 5. The summed E-state index contributed by atoms with van der Waals surface area (Å²) in [5.74, 6) is 0.0858. The predicted molar refractivity (Wildman–Crippen MR) is 118 cm³/mol. The maximum Gasteiger partial charge on any atom is 0.349 e. The Morgan fingerprint density at radius 1 is 1.21 bits per heavy atom. The maximum absolute atomic E-state index is 13.0. The van der Waals surface area contributed by atoms with Gasteiger partial charge in [-0.25, -0.2) is 9.78 Å². The Labute approximate surface area is 176 Å². The van der Waals surface area contributed by atoms with Gasteiger partial charge in [0.2, 0.25) is 11.1 Å². The van der Waals surface area contributed by atoms with Gasteiger partial charge < -0.3 is 7.48 Å². The molecule has 3 aromatic rings. The molecule has 1 aliphatic rings. The van der Waals surface area contributed by atoms with Crippen LogP contribution in [0, 0.1) is 12.8 Å². The second-order valence-electron chi connectivity index (χ2n) is 7.28. The van der Waals surface area contributed by atoms with Crippen LogP contribution in [-0.2, 0) is 3.07 Å². The topological polar surface area (TPSA) is 69.4 Å². The molecule has 0 aliphatic heterocycles. The van der Waals surface area contributed by atoms with Gasteiger partial charge in [0.05, 0.1) is 22.0 Å². The van der Waals surface area contributed by atoms with Crippen molar-refractivity contribution in [3.8, 4) is 0 Å². The van der Waals surface area contributed by atoms with E-state index in [4.69, 9.17) is 7.48 Å². The van der Waals surface area contributed by atoms with Gasteiger partial charge in [0.15, 0.2) is 23.0 Å². The number of fused-ring (bicyclic) bond motifs is 2. The number of hydrogen-bond donors (Lipinski definition) is 0. The first-order valence-corrected chi connectivity index (χ1v) is 10.3. The van der Waals surface area contributed by atoms with Crippen molar-refractivity contribution in [3.05, 3.63) is 57.4 Å². The molecule has 0 N–H and O–H groups in total. The molecule has 144 valence electrons. The van der Waals surface area contributed by atoms with Gasteiger partial charge in [0, 0.05) is 0 Å². The summed E-state index contributed by atoms with van der Waals surface area (Å²) in [4.78, 5) is 29.3. The molecule has 1 saturated carbocycles. The summed E-state index contributed by atoms with van der Waals surface area (Å²) >= 11 is 1.53. The highest BCUT2D eigenvalue weighted by Gasteiger charge is 2.17. The fraction of sp³-hybridized carbons (Fsp3) is 0.318. The lowest BCUT2D eigenvalue weighted by Crippen LogP contribution is -2.08. The van der Waals surface area contributed by atoms with Gasteiger partial charge in [0.1, 0.15) is 5.58 Å². The number of nitrogens with zero attached hydrogens (tertiary/aromatic N) is 1. The number of rotatable bonds is 3. The van der Waals surface area contributed by atoms with E-state index in [1.165, 1.54) is 61.2 Å². The minimum absolute atomic E-state index is 0.195. The lowest BCUT2D eigenvalue weighted by Gasteiger charge is -2.17. The van der Waals surface area contributed by atoms with E-state index in [0.29, 0.717) is 22.6 Å². The summed E-state index contributed by atoms with van der Waals surface area (Å²) in [6, 6.07) is 7.11. The summed E-state index contributed by atoms with van der Waals surface area (Å²) in [5, 5.41) is 0.765. The Hall–Kier alpha value is -2.22. The third kappa shape index (κ3) is 3.70. The molecule has 0 bridgehead atoms. The van der Waals surface area contributed by atoms with Crippen LogP contribution < -0.4 is 5.43 Å². The number of aromatic nitrogens is 1. The third-order valence-electron chi connectivity index (χ3n) is 5.38. The molecule has 5 nitrogen and oxygen atoms in total. The number of allylic oxidation sites excluding steroid dienone is 1. The Balaban J connectivity index is 1.79. The molecule has 6 heteroatoms. The molecule has 0 saturated heterocycles. The molecule has 0 spiro atoms. The Morgan fingerprint density at radius 2 is 2.00 bits per heavy atom. The first-order chi connectivity index (χ1) is 13.6. The fourth-order valence-corrected chi connectivity index (χ4v) is 4.05. The molecule has 1 fully saturated rings. The second-order valence-corrected chi connectivity index (χ2v) is 7.72. The van der Waals surface area contributed by atoms with E-state index in [-0.39, 0.29) is 22.1 Å². The monoisotopic (exact) mass is 489 g/mol. The van der Waals surface area contributed by atoms with Crippen LogP contribution in [0.2, 0.25) is 0 Å². The number of pyridine rings is 1. The first-order valence-electron chi connectivity index (χ1n) is 9.46. The Morgan fingerprint density at radius 3 is 2.75 bits per heavy atom. The third-order valence-corrected chi connectivity index (χ3v) is 5.78. The average Bonchev–Trinajstić information content (AvgIpc) is 2.72. The lowest BCUT2D eigenvalue weighted by atomic mass is 9.89. The van der Waals surface area contributed by atoms with Crippen molar-refractivity contribution < 1.29 is 12.3 Å². The van der Waals surface area contributed by atoms with Crippen LogP contribution in [-0.4, -0.2) is 11.0 Å². The molecule has 0 atom stereocenters. The van der Waals surface area contributed by atoms with Gasteiger partial charge >= 0.3 is 5.97 Å². The largest absolute Gasteiger partial charge is 0.437 e. The molecule has 1 aliphatic carbocycles. The van der Waals surface area contributed by atoms with Crippen molar-refractivity contribution in [1.82, 2.24) is 4.98 Å². The average molecular weight is 489 g/mol. The van der Waals surface area contributed by atoms with Crippen LogP contribution in [0.25, 0.3) is 28.1 Å². The van der Waals surface area contributed by atoms with Crippen molar-refractivity contribution in [1.29, 1.82) is 0 Å². The van der Waals surface area contributed by atoms with E-state index in [9.17, 15) is 9.59 Å². The molecular formula is C22H20INO4. The Bertz CT molecular complexity index is 1140. The van der Waals surface area contributed by atoms with Crippen molar-refractivity contribution in [2.75, 3.05) is 0 Å². The quantitative estimate of drug-likeness (QED) is 0.346. The minimum Gasteiger partial charge on any atom is -0.437 e. The standard InChI is InChI=1S/C22H20INO4/c1-13-16(22(26)28-23)12-18-20(25)17-11-15(8-7-14-5-3-2-4-6-14)9-10-19(17)27-21(18)24-13/h7-12,14H,2-6H2,1H3/b8-7+. The first kappa shape index (κ1) is 19.1. The lowest BCUT2D eigenvalue weighted by molar-refractivity contribution is 0.0799. The highest BCUT2D eigenvalue weighted by atomic mass is 127. The molecular weight excluding hydrogens is 469 g/mol. The van der Waals surface area contributed by atoms with E-state index in [2.05, 4.69) is 17.1 Å². The van der Waals surface area contributed by atoms with E-state index in [0.717, 1.165) is 5.56 Å². The van der Waals surface area contributed by atoms with Crippen molar-refractivity contribution >= 4 is 57.1 Å². The van der Waals surface area contributed by atoms with Gasteiger partial charge in [-0.1, -0.05) is 37.5 Å². The van der Waals surface area contributed by atoms with Gasteiger partial charge in [-0.15, -0.1) is 0 Å². The molecule has 4 rings (SSSR count). The second kappa shape index (κ2) is 8.03. The maximum atomic E-state index is 13.0. The van der Waals surface area contributed by atoms with Gasteiger partial charge in [-0.3, -0.25) is 4.79 Å². The highest BCUT2D eigenvalue weighted by Crippen LogP contribution is 2.26. The van der Waals surface area contributed by atoms with Crippen molar-refractivity contribution in [2.45, 2.75) is 39.0 Å². The van der Waals surface area contributed by atoms with E-state index in [1.54, 1.807) is 13.0 Å². The van der Waals surface area contributed by atoms with Crippen molar-refractivity contribution in [3.63, 3.8) is 0 Å². The smallest absolute Gasteiger partial charge is 0.349 e. The van der Waals surface area contributed by atoms with Gasteiger partial charge in [-0.2, -0.15) is 0 Å². The minimum atomic E-state index is -0.531. The predicted octanol–water partition coefficient (Wildman–Crippen LogP) is 5.75. The molecule has 2 aromatic heterocycles. The molecule has 1 aromatic carbocycles.